The molecule has 2 aromatic rings. The minimum Gasteiger partial charge on any atom is -0.497 e. The van der Waals surface area contributed by atoms with E-state index in [1.807, 2.05) is 43.3 Å². The van der Waals surface area contributed by atoms with Crippen LogP contribution in [0.1, 0.15) is 12.0 Å². The van der Waals surface area contributed by atoms with Crippen LogP contribution >= 0.6 is 0 Å². The van der Waals surface area contributed by atoms with Gasteiger partial charge in [0.25, 0.3) is 0 Å². The van der Waals surface area contributed by atoms with Gasteiger partial charge in [0.05, 0.1) is 7.11 Å². The average molecular weight is 339 g/mol. The molecule has 132 valence electrons. The van der Waals surface area contributed by atoms with E-state index in [2.05, 4.69) is 27.7 Å². The molecule has 2 amide bonds. The van der Waals surface area contributed by atoms with E-state index in [0.29, 0.717) is 12.5 Å². The van der Waals surface area contributed by atoms with Crippen LogP contribution in [0.4, 0.5) is 16.2 Å². The first-order chi connectivity index (χ1) is 12.1. The van der Waals surface area contributed by atoms with Gasteiger partial charge in [-0.2, -0.15) is 0 Å². The molecular weight excluding hydrogens is 314 g/mol. The summed E-state index contributed by atoms with van der Waals surface area (Å²) in [5, 5.41) is 5.85. The molecule has 1 aliphatic heterocycles. The summed E-state index contributed by atoms with van der Waals surface area (Å²) in [7, 11) is 1.68. The van der Waals surface area contributed by atoms with Crippen molar-refractivity contribution < 1.29 is 9.53 Å². The lowest BCUT2D eigenvalue weighted by Crippen LogP contribution is -2.34. The first-order valence-corrected chi connectivity index (χ1v) is 8.64. The third kappa shape index (κ3) is 4.66. The summed E-state index contributed by atoms with van der Waals surface area (Å²) in [4.78, 5) is 14.4. The Balaban J connectivity index is 1.46. The Bertz CT molecular complexity index is 715. The highest BCUT2D eigenvalue weighted by atomic mass is 16.5. The van der Waals surface area contributed by atoms with E-state index in [1.165, 1.54) is 11.3 Å². The molecule has 3 rings (SSSR count). The largest absolute Gasteiger partial charge is 0.497 e. The van der Waals surface area contributed by atoms with Crippen molar-refractivity contribution >= 4 is 17.4 Å². The van der Waals surface area contributed by atoms with Gasteiger partial charge in [0.15, 0.2) is 0 Å². The molecule has 2 aromatic carbocycles. The Kier molecular flexibility index (Phi) is 5.43. The lowest BCUT2D eigenvalue weighted by molar-refractivity contribution is 0.250. The van der Waals surface area contributed by atoms with Crippen LogP contribution in [-0.2, 0) is 0 Å². The molecule has 0 spiro atoms. The van der Waals surface area contributed by atoms with Gasteiger partial charge in [0, 0.05) is 37.1 Å². The molecule has 2 N–H and O–H groups in total. The highest BCUT2D eigenvalue weighted by Gasteiger charge is 2.23. The van der Waals surface area contributed by atoms with E-state index in [-0.39, 0.29) is 6.03 Å². The number of benzene rings is 2. The van der Waals surface area contributed by atoms with Crippen LogP contribution in [0.15, 0.2) is 48.5 Å². The molecule has 5 heteroatoms. The number of nitrogens with zero attached hydrogens (tertiary/aromatic N) is 1. The second kappa shape index (κ2) is 7.92. The molecule has 0 bridgehead atoms. The monoisotopic (exact) mass is 339 g/mol. The van der Waals surface area contributed by atoms with Crippen molar-refractivity contribution in [2.24, 2.45) is 5.92 Å². The van der Waals surface area contributed by atoms with E-state index in [4.69, 9.17) is 4.74 Å². The minimum absolute atomic E-state index is 0.149. The summed E-state index contributed by atoms with van der Waals surface area (Å²) in [6.07, 6.45) is 1.07. The van der Waals surface area contributed by atoms with E-state index in [0.717, 1.165) is 30.9 Å². The van der Waals surface area contributed by atoms with Gasteiger partial charge in [-0.3, -0.25) is 0 Å². The van der Waals surface area contributed by atoms with Crippen LogP contribution in [0.3, 0.4) is 0 Å². The smallest absolute Gasteiger partial charge is 0.319 e. The number of hydrogen-bond acceptors (Lipinski definition) is 3. The number of ether oxygens (including phenoxy) is 1. The number of urea groups is 1. The van der Waals surface area contributed by atoms with E-state index < -0.39 is 0 Å². The van der Waals surface area contributed by atoms with Crippen LogP contribution in [0.5, 0.6) is 5.75 Å². The molecule has 0 unspecified atom stereocenters. The molecule has 1 saturated heterocycles. The fraction of sp³-hybridized carbons (Fsp3) is 0.350. The molecule has 25 heavy (non-hydrogen) atoms. The quantitative estimate of drug-likeness (QED) is 0.874. The van der Waals surface area contributed by atoms with Crippen LogP contribution in [-0.4, -0.2) is 32.8 Å². The normalized spacial score (nSPS) is 16.6. The average Bonchev–Trinajstić information content (AvgIpc) is 3.11. The highest BCUT2D eigenvalue weighted by Crippen LogP contribution is 2.26. The number of aryl methyl sites for hydroxylation is 1. The molecule has 1 heterocycles. The lowest BCUT2D eigenvalue weighted by atomic mass is 10.1. The van der Waals surface area contributed by atoms with Crippen LogP contribution in [0.2, 0.25) is 0 Å². The number of hydrogen-bond donors (Lipinski definition) is 2. The Hall–Kier alpha value is -2.69. The molecular formula is C20H25N3O2. The Labute approximate surface area is 149 Å². The van der Waals surface area contributed by atoms with Crippen molar-refractivity contribution in [1.82, 2.24) is 5.32 Å². The maximum atomic E-state index is 12.0. The van der Waals surface area contributed by atoms with Crippen molar-refractivity contribution in [1.29, 1.82) is 0 Å². The van der Waals surface area contributed by atoms with Crippen LogP contribution in [0, 0.1) is 12.8 Å². The van der Waals surface area contributed by atoms with Gasteiger partial charge in [-0.05, 0) is 43.5 Å². The van der Waals surface area contributed by atoms with Crippen LogP contribution in [0.25, 0.3) is 0 Å². The molecule has 0 saturated carbocycles. The Morgan fingerprint density at radius 2 is 2.04 bits per heavy atom. The highest BCUT2D eigenvalue weighted by molar-refractivity contribution is 5.89. The molecule has 0 aromatic heterocycles. The second-order valence-electron chi connectivity index (χ2n) is 6.50. The van der Waals surface area contributed by atoms with Crippen molar-refractivity contribution in [2.75, 3.05) is 37.0 Å². The molecule has 0 radical (unpaired) electrons. The predicted molar refractivity (Wildman–Crippen MR) is 102 cm³/mol. The second-order valence-corrected chi connectivity index (χ2v) is 6.50. The number of anilines is 2. The number of carbonyl (C=O) groups is 1. The van der Waals surface area contributed by atoms with Gasteiger partial charge < -0.3 is 20.3 Å². The number of amides is 2. The first kappa shape index (κ1) is 17.1. The van der Waals surface area contributed by atoms with Gasteiger partial charge in [-0.15, -0.1) is 0 Å². The summed E-state index contributed by atoms with van der Waals surface area (Å²) in [6.45, 7) is 4.65. The zero-order chi connectivity index (χ0) is 17.6. The lowest BCUT2D eigenvalue weighted by Gasteiger charge is -2.19. The fourth-order valence-electron chi connectivity index (χ4n) is 3.09. The van der Waals surface area contributed by atoms with Gasteiger partial charge in [0.1, 0.15) is 5.75 Å². The van der Waals surface area contributed by atoms with Gasteiger partial charge >= 0.3 is 6.03 Å². The van der Waals surface area contributed by atoms with Crippen molar-refractivity contribution in [2.45, 2.75) is 13.3 Å². The number of carbonyl (C=O) groups excluding carboxylic acids is 1. The summed E-state index contributed by atoms with van der Waals surface area (Å²) in [5.41, 5.74) is 3.16. The summed E-state index contributed by atoms with van der Waals surface area (Å²) in [6, 6.07) is 15.8. The van der Waals surface area contributed by atoms with Crippen LogP contribution < -0.4 is 20.3 Å². The molecule has 1 fully saturated rings. The fourth-order valence-corrected chi connectivity index (χ4v) is 3.09. The maximum absolute atomic E-state index is 12.0. The minimum atomic E-state index is -0.149. The van der Waals surface area contributed by atoms with E-state index >= 15 is 0 Å². The maximum Gasteiger partial charge on any atom is 0.319 e. The first-order valence-electron chi connectivity index (χ1n) is 8.64. The van der Waals surface area contributed by atoms with Gasteiger partial charge in [-0.1, -0.05) is 23.8 Å². The van der Waals surface area contributed by atoms with E-state index in [9.17, 15) is 4.79 Å². The van der Waals surface area contributed by atoms with Gasteiger partial charge in [0.2, 0.25) is 0 Å². The number of methoxy groups -OCH3 is 1. The SMILES string of the molecule is COc1cccc(N2CC[C@@H](CNC(=O)Nc3ccc(C)cc3)C2)c1. The summed E-state index contributed by atoms with van der Waals surface area (Å²) >= 11 is 0. The predicted octanol–water partition coefficient (Wildman–Crippen LogP) is 3.65. The van der Waals surface area contributed by atoms with E-state index in [1.54, 1.807) is 7.11 Å². The summed E-state index contributed by atoms with van der Waals surface area (Å²) in [5.74, 6) is 1.33. The van der Waals surface area contributed by atoms with Crippen molar-refractivity contribution in [3.8, 4) is 5.75 Å². The Morgan fingerprint density at radius 1 is 1.24 bits per heavy atom. The molecule has 5 nitrogen and oxygen atoms in total. The zero-order valence-corrected chi connectivity index (χ0v) is 14.8. The Morgan fingerprint density at radius 3 is 2.80 bits per heavy atom. The zero-order valence-electron chi connectivity index (χ0n) is 14.8. The molecule has 1 atom stereocenters. The topological polar surface area (TPSA) is 53.6 Å². The number of nitrogens with one attached hydrogen (secondary N) is 2. The standard InChI is InChI=1S/C20H25N3O2/c1-15-6-8-17(9-7-15)22-20(24)21-13-16-10-11-23(14-16)18-4-3-5-19(12-18)25-2/h3-9,12,16H,10-11,13-14H2,1-2H3,(H2,21,22,24)/t16-/m0/s1. The van der Waals surface area contributed by atoms with Gasteiger partial charge in [-0.25, -0.2) is 4.79 Å². The van der Waals surface area contributed by atoms with Crippen molar-refractivity contribution in [3.05, 3.63) is 54.1 Å². The van der Waals surface area contributed by atoms with Crippen molar-refractivity contribution in [3.63, 3.8) is 0 Å². The third-order valence-electron chi connectivity index (χ3n) is 4.57. The number of rotatable bonds is 5. The molecule has 0 aliphatic carbocycles. The molecule has 1 aliphatic rings. The third-order valence-corrected chi connectivity index (χ3v) is 4.57. The summed E-state index contributed by atoms with van der Waals surface area (Å²) < 4.78 is 5.29.